The van der Waals surface area contributed by atoms with Gasteiger partial charge in [-0.3, -0.25) is 4.79 Å². The third-order valence-electron chi connectivity index (χ3n) is 4.95. The van der Waals surface area contributed by atoms with Crippen LogP contribution in [0.15, 0.2) is 76.2 Å². The summed E-state index contributed by atoms with van der Waals surface area (Å²) in [6, 6.07) is 21.6. The van der Waals surface area contributed by atoms with Crippen molar-refractivity contribution in [1.29, 1.82) is 0 Å². The lowest BCUT2D eigenvalue weighted by Gasteiger charge is -1.96. The van der Waals surface area contributed by atoms with E-state index in [1.165, 1.54) is 0 Å². The van der Waals surface area contributed by atoms with Gasteiger partial charge in [0.15, 0.2) is 5.76 Å². The highest BCUT2D eigenvalue weighted by atomic mass is 16.3. The fraction of sp³-hybridized carbons (Fsp3) is 0.0435. The van der Waals surface area contributed by atoms with Gasteiger partial charge in [-0.1, -0.05) is 48.5 Å². The van der Waals surface area contributed by atoms with Crippen LogP contribution in [-0.4, -0.2) is 17.1 Å². The molecule has 28 heavy (non-hydrogen) atoms. The number of rotatable bonds is 3. The molecule has 5 aromatic rings. The van der Waals surface area contributed by atoms with E-state index in [4.69, 9.17) is 4.42 Å². The quantitative estimate of drug-likeness (QED) is 0.342. The molecule has 0 unspecified atom stereocenters. The molecule has 2 aromatic heterocycles. The van der Waals surface area contributed by atoms with E-state index in [0.717, 1.165) is 38.3 Å². The zero-order valence-corrected chi connectivity index (χ0v) is 15.2. The lowest BCUT2D eigenvalue weighted by molar-refractivity contribution is 0.0929. The number of hydrogen-bond donors (Lipinski definition) is 2. The first kappa shape index (κ1) is 16.3. The summed E-state index contributed by atoms with van der Waals surface area (Å²) in [7, 11) is 0. The van der Waals surface area contributed by atoms with Crippen molar-refractivity contribution in [3.63, 3.8) is 0 Å². The fourth-order valence-electron chi connectivity index (χ4n) is 3.58. The normalized spacial score (nSPS) is 11.8. The maximum absolute atomic E-state index is 12.5. The summed E-state index contributed by atoms with van der Waals surface area (Å²) in [6.45, 7) is 1.98. The first-order valence-corrected chi connectivity index (χ1v) is 9.03. The standard InChI is InChI=1S/C23H17N3O2/c1-14-19(17-8-4-5-9-20(17)25-14)13-24-26-23(27)22-12-18-16-7-3-2-6-15(16)10-11-21(18)28-22/h2-13,25H,1H3,(H,26,27)/b24-13-. The molecule has 0 bridgehead atoms. The average Bonchev–Trinajstić information content (AvgIpc) is 3.29. The SMILES string of the molecule is Cc1[nH]c2ccccc2c1/C=N\NC(=O)c1cc2c(ccc3ccccc32)o1. The number of carbonyl (C=O) groups excluding carboxylic acids is 1. The van der Waals surface area contributed by atoms with Gasteiger partial charge in [0.1, 0.15) is 5.58 Å². The number of amides is 1. The van der Waals surface area contributed by atoms with Crippen molar-refractivity contribution in [3.05, 3.63) is 83.7 Å². The lowest BCUT2D eigenvalue weighted by atomic mass is 10.1. The lowest BCUT2D eigenvalue weighted by Crippen LogP contribution is -2.16. The molecule has 0 saturated heterocycles. The molecule has 5 rings (SSSR count). The third-order valence-corrected chi connectivity index (χ3v) is 4.95. The van der Waals surface area contributed by atoms with E-state index >= 15 is 0 Å². The Bertz CT molecular complexity index is 1370. The van der Waals surface area contributed by atoms with Crippen LogP contribution in [0.4, 0.5) is 0 Å². The second-order valence-electron chi connectivity index (χ2n) is 6.72. The number of fused-ring (bicyclic) bond motifs is 4. The molecule has 0 aliphatic carbocycles. The molecule has 3 aromatic carbocycles. The predicted molar refractivity (Wildman–Crippen MR) is 112 cm³/mol. The van der Waals surface area contributed by atoms with Crippen LogP contribution in [0, 0.1) is 6.92 Å². The number of nitrogens with one attached hydrogen (secondary N) is 2. The van der Waals surface area contributed by atoms with Crippen molar-refractivity contribution in [2.24, 2.45) is 5.10 Å². The van der Waals surface area contributed by atoms with Crippen LogP contribution < -0.4 is 5.43 Å². The van der Waals surface area contributed by atoms with Crippen LogP contribution in [0.5, 0.6) is 0 Å². The highest BCUT2D eigenvalue weighted by Gasteiger charge is 2.13. The van der Waals surface area contributed by atoms with E-state index in [1.807, 2.05) is 67.6 Å². The Balaban J connectivity index is 1.43. The zero-order valence-electron chi connectivity index (χ0n) is 15.2. The highest BCUT2D eigenvalue weighted by Crippen LogP contribution is 2.28. The molecule has 0 aliphatic rings. The van der Waals surface area contributed by atoms with Crippen LogP contribution in [0.2, 0.25) is 0 Å². The molecule has 0 atom stereocenters. The summed E-state index contributed by atoms with van der Waals surface area (Å²) in [5, 5.41) is 8.27. The van der Waals surface area contributed by atoms with Crippen LogP contribution in [0.25, 0.3) is 32.6 Å². The summed E-state index contributed by atoms with van der Waals surface area (Å²) in [4.78, 5) is 15.8. The maximum atomic E-state index is 12.5. The molecular formula is C23H17N3O2. The first-order chi connectivity index (χ1) is 13.7. The van der Waals surface area contributed by atoms with Crippen molar-refractivity contribution in [3.8, 4) is 0 Å². The number of nitrogens with zero attached hydrogens (tertiary/aromatic N) is 1. The van der Waals surface area contributed by atoms with E-state index < -0.39 is 0 Å². The molecule has 2 N–H and O–H groups in total. The molecule has 2 heterocycles. The summed E-state index contributed by atoms with van der Waals surface area (Å²) < 4.78 is 5.73. The fourth-order valence-corrected chi connectivity index (χ4v) is 3.58. The minimum absolute atomic E-state index is 0.235. The monoisotopic (exact) mass is 367 g/mol. The Hall–Kier alpha value is -3.86. The average molecular weight is 367 g/mol. The number of hydrogen-bond acceptors (Lipinski definition) is 3. The maximum Gasteiger partial charge on any atom is 0.307 e. The van der Waals surface area contributed by atoms with Gasteiger partial charge in [-0.05, 0) is 35.9 Å². The number of furan rings is 1. The van der Waals surface area contributed by atoms with Crippen LogP contribution in [0.1, 0.15) is 21.8 Å². The van der Waals surface area contributed by atoms with Crippen LogP contribution >= 0.6 is 0 Å². The van der Waals surface area contributed by atoms with E-state index in [-0.39, 0.29) is 11.7 Å². The number of H-pyrrole nitrogens is 1. The first-order valence-electron chi connectivity index (χ1n) is 9.03. The molecule has 0 aliphatic heterocycles. The van der Waals surface area contributed by atoms with E-state index in [0.29, 0.717) is 5.58 Å². The smallest absolute Gasteiger partial charge is 0.307 e. The second kappa shape index (κ2) is 6.39. The number of aromatic amines is 1. The van der Waals surface area contributed by atoms with Gasteiger partial charge in [0.05, 0.1) is 6.21 Å². The molecule has 0 radical (unpaired) electrons. The predicted octanol–water partition coefficient (Wildman–Crippen LogP) is 5.14. The Labute approximate surface area is 160 Å². The third kappa shape index (κ3) is 2.65. The number of hydrazone groups is 1. The Morgan fingerprint density at radius 1 is 1.00 bits per heavy atom. The molecule has 0 spiro atoms. The summed E-state index contributed by atoms with van der Waals surface area (Å²) in [5.74, 6) is -0.145. The number of aryl methyl sites for hydroxylation is 1. The largest absolute Gasteiger partial charge is 0.451 e. The van der Waals surface area contributed by atoms with E-state index in [2.05, 4.69) is 15.5 Å². The summed E-state index contributed by atoms with van der Waals surface area (Å²) >= 11 is 0. The number of para-hydroxylation sites is 1. The molecule has 1 amide bonds. The Morgan fingerprint density at radius 2 is 1.79 bits per heavy atom. The van der Waals surface area contributed by atoms with Crippen molar-refractivity contribution in [2.75, 3.05) is 0 Å². The summed E-state index contributed by atoms with van der Waals surface area (Å²) in [6.07, 6.45) is 1.66. The Kier molecular flexibility index (Phi) is 3.72. The number of carbonyl (C=O) groups is 1. The van der Waals surface area contributed by atoms with Gasteiger partial charge in [0.25, 0.3) is 0 Å². The zero-order chi connectivity index (χ0) is 19.1. The minimum Gasteiger partial charge on any atom is -0.451 e. The Morgan fingerprint density at radius 3 is 2.68 bits per heavy atom. The van der Waals surface area contributed by atoms with Crippen molar-refractivity contribution in [1.82, 2.24) is 10.4 Å². The van der Waals surface area contributed by atoms with Gasteiger partial charge in [-0.25, -0.2) is 5.43 Å². The van der Waals surface area contributed by atoms with Crippen molar-refractivity contribution in [2.45, 2.75) is 6.92 Å². The van der Waals surface area contributed by atoms with Gasteiger partial charge in [-0.2, -0.15) is 5.10 Å². The molecule has 136 valence electrons. The summed E-state index contributed by atoms with van der Waals surface area (Å²) in [5.41, 5.74) is 6.23. The number of aromatic nitrogens is 1. The van der Waals surface area contributed by atoms with Gasteiger partial charge in [0.2, 0.25) is 0 Å². The van der Waals surface area contributed by atoms with Gasteiger partial charge >= 0.3 is 5.91 Å². The molecule has 0 fully saturated rings. The van der Waals surface area contributed by atoms with Crippen molar-refractivity contribution < 1.29 is 9.21 Å². The van der Waals surface area contributed by atoms with E-state index in [9.17, 15) is 4.79 Å². The van der Waals surface area contributed by atoms with Gasteiger partial charge < -0.3 is 9.40 Å². The highest BCUT2D eigenvalue weighted by molar-refractivity contribution is 6.08. The minimum atomic E-state index is -0.381. The van der Waals surface area contributed by atoms with E-state index in [1.54, 1.807) is 12.3 Å². The van der Waals surface area contributed by atoms with Crippen LogP contribution in [-0.2, 0) is 0 Å². The topological polar surface area (TPSA) is 70.4 Å². The van der Waals surface area contributed by atoms with Crippen molar-refractivity contribution >= 4 is 44.8 Å². The molecular weight excluding hydrogens is 350 g/mol. The van der Waals surface area contributed by atoms with Crippen LogP contribution in [0.3, 0.4) is 0 Å². The molecule has 0 saturated carbocycles. The van der Waals surface area contributed by atoms with Gasteiger partial charge in [0, 0.05) is 27.5 Å². The second-order valence-corrected chi connectivity index (χ2v) is 6.72. The molecule has 5 heteroatoms. The molecule has 5 nitrogen and oxygen atoms in total. The van der Waals surface area contributed by atoms with Gasteiger partial charge in [-0.15, -0.1) is 0 Å². The number of benzene rings is 3.